The number of carbonyl (C=O) groups is 2. The third-order valence-corrected chi connectivity index (χ3v) is 8.87. The quantitative estimate of drug-likeness (QED) is 0.615. The number of hydrogen-bond donors (Lipinski definition) is 1. The van der Waals surface area contributed by atoms with Crippen LogP contribution in [-0.4, -0.2) is 70.9 Å². The normalized spacial score (nSPS) is 25.8. The van der Waals surface area contributed by atoms with E-state index in [2.05, 4.69) is 64.5 Å². The third kappa shape index (κ3) is 4.80. The van der Waals surface area contributed by atoms with Crippen LogP contribution in [0, 0.1) is 17.2 Å². The molecular weight excluding hydrogens is 464 g/mol. The molecule has 0 atom stereocenters. The van der Waals surface area contributed by atoms with Crippen LogP contribution in [0.3, 0.4) is 0 Å². The van der Waals surface area contributed by atoms with E-state index in [4.69, 9.17) is 5.26 Å². The van der Waals surface area contributed by atoms with Gasteiger partial charge in [0.1, 0.15) is 24.1 Å². The smallest absolute Gasteiger partial charge is 0.317 e. The van der Waals surface area contributed by atoms with Gasteiger partial charge in [0, 0.05) is 18.6 Å². The molecule has 194 valence electrons. The van der Waals surface area contributed by atoms with Crippen LogP contribution in [0.25, 0.3) is 0 Å². The molecule has 1 spiro atoms. The molecule has 3 amide bonds. The molecule has 3 aliphatic rings. The first kappa shape index (κ1) is 25.2. The van der Waals surface area contributed by atoms with Gasteiger partial charge in [-0.3, -0.25) is 9.69 Å². The first-order valence-electron chi connectivity index (χ1n) is 13.3. The standard InChI is InChI=1S/C29H36N6O2/c1-33(2)29(23-10-4-3-5-11-23)16-14-28(15-17-29)21-34(27(37)35(28)19-22-8-6-9-22)20-26(36)32-25-13-7-12-24(18-30)31-25/h3-5,7,10-13,22H,6,8-9,14-17,19-21H2,1-2H3,(H,31,32,36)/t28-,29-. The average molecular weight is 501 g/mol. The fraction of sp³-hybridized carbons (Fsp3) is 0.517. The number of pyridine rings is 1. The molecule has 2 saturated carbocycles. The number of nitriles is 1. The monoisotopic (exact) mass is 500 g/mol. The van der Waals surface area contributed by atoms with E-state index in [0.717, 1.165) is 32.2 Å². The number of benzene rings is 1. The third-order valence-electron chi connectivity index (χ3n) is 8.87. The molecular formula is C29H36N6O2. The largest absolute Gasteiger partial charge is 0.321 e. The highest BCUT2D eigenvalue weighted by molar-refractivity contribution is 5.94. The molecule has 2 aliphatic carbocycles. The van der Waals surface area contributed by atoms with Gasteiger partial charge in [-0.25, -0.2) is 9.78 Å². The van der Waals surface area contributed by atoms with Crippen molar-refractivity contribution in [1.82, 2.24) is 19.7 Å². The topological polar surface area (TPSA) is 92.6 Å². The number of nitrogens with zero attached hydrogens (tertiary/aromatic N) is 5. The van der Waals surface area contributed by atoms with Gasteiger partial charge < -0.3 is 15.1 Å². The number of aromatic nitrogens is 1. The highest BCUT2D eigenvalue weighted by Crippen LogP contribution is 2.49. The maximum absolute atomic E-state index is 13.7. The van der Waals surface area contributed by atoms with Crippen molar-refractivity contribution in [3.05, 3.63) is 59.8 Å². The van der Waals surface area contributed by atoms with E-state index in [9.17, 15) is 9.59 Å². The van der Waals surface area contributed by atoms with Crippen LogP contribution in [-0.2, 0) is 10.3 Å². The number of rotatable bonds is 7. The molecule has 1 aliphatic heterocycles. The molecule has 3 fully saturated rings. The predicted molar refractivity (Wildman–Crippen MR) is 142 cm³/mol. The molecule has 5 rings (SSSR count). The van der Waals surface area contributed by atoms with E-state index in [0.29, 0.717) is 18.3 Å². The Bertz CT molecular complexity index is 1180. The van der Waals surface area contributed by atoms with E-state index in [1.54, 1.807) is 23.1 Å². The number of urea groups is 1. The zero-order valence-corrected chi connectivity index (χ0v) is 21.8. The van der Waals surface area contributed by atoms with Gasteiger partial charge in [-0.05, 0) is 76.2 Å². The van der Waals surface area contributed by atoms with Gasteiger partial charge in [0.15, 0.2) is 0 Å². The Morgan fingerprint density at radius 3 is 2.46 bits per heavy atom. The van der Waals surface area contributed by atoms with Gasteiger partial charge in [0.05, 0.1) is 5.54 Å². The highest BCUT2D eigenvalue weighted by Gasteiger charge is 2.55. The Balaban J connectivity index is 1.34. The first-order chi connectivity index (χ1) is 17.8. The van der Waals surface area contributed by atoms with Crippen LogP contribution in [0.15, 0.2) is 48.5 Å². The highest BCUT2D eigenvalue weighted by atomic mass is 16.2. The maximum atomic E-state index is 13.7. The molecule has 1 aromatic carbocycles. The molecule has 8 nitrogen and oxygen atoms in total. The van der Waals surface area contributed by atoms with Crippen molar-refractivity contribution in [2.75, 3.05) is 39.0 Å². The lowest BCUT2D eigenvalue weighted by molar-refractivity contribution is -0.116. The average Bonchev–Trinajstić information content (AvgIpc) is 3.12. The summed E-state index contributed by atoms with van der Waals surface area (Å²) in [5.74, 6) is 0.592. The molecule has 0 unspecified atom stereocenters. The van der Waals surface area contributed by atoms with Gasteiger partial charge in [-0.2, -0.15) is 5.26 Å². The van der Waals surface area contributed by atoms with E-state index in [1.807, 2.05) is 6.07 Å². The van der Waals surface area contributed by atoms with Gasteiger partial charge in [0.2, 0.25) is 5.91 Å². The van der Waals surface area contributed by atoms with Crippen LogP contribution in [0.5, 0.6) is 0 Å². The number of anilines is 1. The van der Waals surface area contributed by atoms with Gasteiger partial charge in [-0.15, -0.1) is 0 Å². The number of hydrogen-bond acceptors (Lipinski definition) is 5. The molecule has 1 aromatic heterocycles. The van der Waals surface area contributed by atoms with Crippen molar-refractivity contribution < 1.29 is 9.59 Å². The minimum Gasteiger partial charge on any atom is -0.317 e. The summed E-state index contributed by atoms with van der Waals surface area (Å²) in [5.41, 5.74) is 1.26. The summed E-state index contributed by atoms with van der Waals surface area (Å²) in [4.78, 5) is 36.9. The maximum Gasteiger partial charge on any atom is 0.321 e. The Kier molecular flexibility index (Phi) is 6.91. The fourth-order valence-electron chi connectivity index (χ4n) is 6.43. The second kappa shape index (κ2) is 10.1. The Morgan fingerprint density at radius 1 is 1.11 bits per heavy atom. The molecule has 2 heterocycles. The van der Waals surface area contributed by atoms with Crippen LogP contribution in [0.4, 0.5) is 10.6 Å². The first-order valence-corrected chi connectivity index (χ1v) is 13.3. The van der Waals surface area contributed by atoms with E-state index >= 15 is 0 Å². The molecule has 0 radical (unpaired) electrons. The SMILES string of the molecule is CN(C)[C@]1(c2ccccc2)CC[C@@]2(CC1)CN(CC(=O)Nc1cccc(C#N)n1)C(=O)N2CC1CCC1. The Hall–Kier alpha value is -3.44. The van der Waals surface area contributed by atoms with Crippen molar-refractivity contribution in [2.24, 2.45) is 5.92 Å². The summed E-state index contributed by atoms with van der Waals surface area (Å²) in [6, 6.07) is 17.6. The summed E-state index contributed by atoms with van der Waals surface area (Å²) in [7, 11) is 4.31. The minimum atomic E-state index is -0.292. The van der Waals surface area contributed by atoms with E-state index in [1.165, 1.54) is 24.8 Å². The number of nitrogens with one attached hydrogen (secondary N) is 1. The lowest BCUT2D eigenvalue weighted by Crippen LogP contribution is -2.56. The molecule has 2 aromatic rings. The van der Waals surface area contributed by atoms with E-state index in [-0.39, 0.29) is 35.3 Å². The van der Waals surface area contributed by atoms with E-state index < -0.39 is 0 Å². The fourth-order valence-corrected chi connectivity index (χ4v) is 6.43. The van der Waals surface area contributed by atoms with Crippen LogP contribution >= 0.6 is 0 Å². The second-order valence-electron chi connectivity index (χ2n) is 11.1. The summed E-state index contributed by atoms with van der Waals surface area (Å²) in [6.45, 7) is 1.33. The lowest BCUT2D eigenvalue weighted by atomic mass is 9.68. The molecule has 37 heavy (non-hydrogen) atoms. The molecule has 1 N–H and O–H groups in total. The molecule has 0 bridgehead atoms. The number of amides is 3. The van der Waals surface area contributed by atoms with Crippen molar-refractivity contribution in [3.63, 3.8) is 0 Å². The lowest BCUT2D eigenvalue weighted by Gasteiger charge is -2.51. The summed E-state index contributed by atoms with van der Waals surface area (Å²) in [6.07, 6.45) is 7.32. The van der Waals surface area contributed by atoms with Crippen molar-refractivity contribution in [2.45, 2.75) is 56.0 Å². The van der Waals surface area contributed by atoms with Crippen LogP contribution in [0.1, 0.15) is 56.2 Å². The zero-order valence-electron chi connectivity index (χ0n) is 21.8. The van der Waals surface area contributed by atoms with Crippen LogP contribution < -0.4 is 5.32 Å². The van der Waals surface area contributed by atoms with Gasteiger partial charge >= 0.3 is 6.03 Å². The van der Waals surface area contributed by atoms with Crippen LogP contribution in [0.2, 0.25) is 0 Å². The minimum absolute atomic E-state index is 0.0162. The Morgan fingerprint density at radius 2 is 1.84 bits per heavy atom. The zero-order chi connectivity index (χ0) is 26.0. The molecule has 1 saturated heterocycles. The van der Waals surface area contributed by atoms with Gasteiger partial charge in [-0.1, -0.05) is 42.8 Å². The predicted octanol–water partition coefficient (Wildman–Crippen LogP) is 4.20. The van der Waals surface area contributed by atoms with Crippen molar-refractivity contribution in [1.29, 1.82) is 5.26 Å². The summed E-state index contributed by atoms with van der Waals surface area (Å²) >= 11 is 0. The van der Waals surface area contributed by atoms with Gasteiger partial charge in [0.25, 0.3) is 0 Å². The molecule has 8 heteroatoms. The van der Waals surface area contributed by atoms with Crippen molar-refractivity contribution >= 4 is 17.8 Å². The van der Waals surface area contributed by atoms with Crippen molar-refractivity contribution in [3.8, 4) is 6.07 Å². The Labute approximate surface area is 219 Å². The number of carbonyl (C=O) groups excluding carboxylic acids is 2. The second-order valence-corrected chi connectivity index (χ2v) is 11.1. The summed E-state index contributed by atoms with van der Waals surface area (Å²) < 4.78 is 0. The summed E-state index contributed by atoms with van der Waals surface area (Å²) in [5, 5.41) is 11.8.